The van der Waals surface area contributed by atoms with Gasteiger partial charge in [-0.3, -0.25) is 14.4 Å². The maximum absolute atomic E-state index is 12.6. The SMILES string of the molecule is Cc1c(C(=O)Nc2ccc3c(c2)NC(=O)CC3)cnn1-c1ccc(=O)[nH]n1. The fourth-order valence-electron chi connectivity index (χ4n) is 2.97. The first-order chi connectivity index (χ1) is 13.0. The smallest absolute Gasteiger partial charge is 0.264 e. The number of carbonyl (C=O) groups excluding carboxylic acids is 2. The molecule has 4 rings (SSSR count). The first-order valence-electron chi connectivity index (χ1n) is 8.36. The Labute approximate surface area is 153 Å². The second-order valence-electron chi connectivity index (χ2n) is 6.21. The molecule has 1 aliphatic rings. The van der Waals surface area contributed by atoms with Crippen LogP contribution in [-0.4, -0.2) is 31.8 Å². The molecule has 3 aromatic rings. The molecule has 0 bridgehead atoms. The molecular formula is C18H16N6O3. The Hall–Kier alpha value is -3.75. The average Bonchev–Trinajstić information content (AvgIpc) is 3.03. The summed E-state index contributed by atoms with van der Waals surface area (Å²) in [6.45, 7) is 1.74. The van der Waals surface area contributed by atoms with Gasteiger partial charge in [-0.25, -0.2) is 9.78 Å². The summed E-state index contributed by atoms with van der Waals surface area (Å²) >= 11 is 0. The highest BCUT2D eigenvalue weighted by atomic mass is 16.2. The van der Waals surface area contributed by atoms with Gasteiger partial charge in [-0.15, -0.1) is 0 Å². The molecule has 2 amide bonds. The molecule has 0 saturated carbocycles. The van der Waals surface area contributed by atoms with Gasteiger partial charge in [0.15, 0.2) is 5.82 Å². The number of nitrogens with one attached hydrogen (secondary N) is 3. The summed E-state index contributed by atoms with van der Waals surface area (Å²) in [5, 5.41) is 16.0. The molecule has 136 valence electrons. The topological polar surface area (TPSA) is 122 Å². The van der Waals surface area contributed by atoms with E-state index in [4.69, 9.17) is 0 Å². The molecule has 3 N–H and O–H groups in total. The third-order valence-corrected chi connectivity index (χ3v) is 4.40. The van der Waals surface area contributed by atoms with Crippen LogP contribution in [0.3, 0.4) is 0 Å². The van der Waals surface area contributed by atoms with Gasteiger partial charge in [0.25, 0.3) is 11.5 Å². The number of carbonyl (C=O) groups is 2. The Kier molecular flexibility index (Phi) is 4.03. The zero-order valence-electron chi connectivity index (χ0n) is 14.4. The normalized spacial score (nSPS) is 13.0. The van der Waals surface area contributed by atoms with Gasteiger partial charge in [0, 0.05) is 23.9 Å². The minimum Gasteiger partial charge on any atom is -0.326 e. The Morgan fingerprint density at radius 1 is 1.19 bits per heavy atom. The van der Waals surface area contributed by atoms with E-state index in [-0.39, 0.29) is 17.4 Å². The van der Waals surface area contributed by atoms with E-state index in [1.54, 1.807) is 19.1 Å². The molecular weight excluding hydrogens is 348 g/mol. The largest absolute Gasteiger partial charge is 0.326 e. The second kappa shape index (κ2) is 6.52. The van der Waals surface area contributed by atoms with Crippen LogP contribution in [0.15, 0.2) is 41.3 Å². The summed E-state index contributed by atoms with van der Waals surface area (Å²) < 4.78 is 1.47. The van der Waals surface area contributed by atoms with Gasteiger partial charge in [-0.1, -0.05) is 6.07 Å². The zero-order chi connectivity index (χ0) is 19.0. The lowest BCUT2D eigenvalue weighted by Gasteiger charge is -2.17. The number of aromatic amines is 1. The highest BCUT2D eigenvalue weighted by molar-refractivity contribution is 6.05. The fraction of sp³-hybridized carbons (Fsp3) is 0.167. The second-order valence-corrected chi connectivity index (χ2v) is 6.21. The number of fused-ring (bicyclic) bond motifs is 1. The molecule has 3 heterocycles. The van der Waals surface area contributed by atoms with Gasteiger partial charge in [0.2, 0.25) is 5.91 Å². The van der Waals surface area contributed by atoms with Gasteiger partial charge in [0.05, 0.1) is 17.5 Å². The van der Waals surface area contributed by atoms with Crippen molar-refractivity contribution in [3.05, 3.63) is 63.7 Å². The third kappa shape index (κ3) is 3.22. The van der Waals surface area contributed by atoms with E-state index in [9.17, 15) is 14.4 Å². The van der Waals surface area contributed by atoms with Crippen LogP contribution in [-0.2, 0) is 11.2 Å². The monoisotopic (exact) mass is 364 g/mol. The number of hydrogen-bond acceptors (Lipinski definition) is 5. The molecule has 0 aliphatic carbocycles. The number of rotatable bonds is 3. The van der Waals surface area contributed by atoms with E-state index < -0.39 is 0 Å². The first-order valence-corrected chi connectivity index (χ1v) is 8.36. The van der Waals surface area contributed by atoms with Crippen molar-refractivity contribution in [1.82, 2.24) is 20.0 Å². The van der Waals surface area contributed by atoms with Gasteiger partial charge in [-0.05, 0) is 37.1 Å². The summed E-state index contributed by atoms with van der Waals surface area (Å²) in [6, 6.07) is 8.30. The maximum Gasteiger partial charge on any atom is 0.264 e. The maximum atomic E-state index is 12.6. The molecule has 2 aromatic heterocycles. The molecule has 9 nitrogen and oxygen atoms in total. The summed E-state index contributed by atoms with van der Waals surface area (Å²) in [4.78, 5) is 35.3. The van der Waals surface area contributed by atoms with Gasteiger partial charge < -0.3 is 10.6 Å². The molecule has 0 atom stereocenters. The van der Waals surface area contributed by atoms with E-state index in [1.807, 2.05) is 6.07 Å². The highest BCUT2D eigenvalue weighted by Gasteiger charge is 2.18. The lowest BCUT2D eigenvalue weighted by Crippen LogP contribution is -2.19. The molecule has 0 saturated heterocycles. The molecule has 0 unspecified atom stereocenters. The molecule has 0 fully saturated rings. The van der Waals surface area contributed by atoms with E-state index in [0.717, 1.165) is 5.56 Å². The van der Waals surface area contributed by atoms with Crippen molar-refractivity contribution in [3.63, 3.8) is 0 Å². The standard InChI is InChI=1S/C18H16N6O3/c1-10-13(9-19-24(10)15-5-7-17(26)23-22-15)18(27)20-12-4-2-11-3-6-16(25)21-14(11)8-12/h2,4-5,7-9H,3,6H2,1H3,(H,20,27)(H,21,25)(H,23,26). The van der Waals surface area contributed by atoms with Gasteiger partial charge >= 0.3 is 0 Å². The van der Waals surface area contributed by atoms with Crippen molar-refractivity contribution in [3.8, 4) is 5.82 Å². The lowest BCUT2D eigenvalue weighted by atomic mass is 10.0. The summed E-state index contributed by atoms with van der Waals surface area (Å²) in [6.07, 6.45) is 2.60. The van der Waals surface area contributed by atoms with Crippen LogP contribution in [0.2, 0.25) is 0 Å². The van der Waals surface area contributed by atoms with Crippen LogP contribution in [0.25, 0.3) is 5.82 Å². The third-order valence-electron chi connectivity index (χ3n) is 4.40. The molecule has 0 spiro atoms. The Morgan fingerprint density at radius 3 is 2.81 bits per heavy atom. The van der Waals surface area contributed by atoms with Crippen LogP contribution >= 0.6 is 0 Å². The van der Waals surface area contributed by atoms with Crippen molar-refractivity contribution in [2.24, 2.45) is 0 Å². The molecule has 1 aliphatic heterocycles. The number of aromatic nitrogens is 4. The number of anilines is 2. The van der Waals surface area contributed by atoms with Crippen molar-refractivity contribution in [2.45, 2.75) is 19.8 Å². The number of amides is 2. The zero-order valence-corrected chi connectivity index (χ0v) is 14.4. The number of aryl methyl sites for hydroxylation is 1. The van der Waals surface area contributed by atoms with Crippen molar-refractivity contribution in [2.75, 3.05) is 10.6 Å². The van der Waals surface area contributed by atoms with E-state index in [2.05, 4.69) is 25.9 Å². The Bertz CT molecular complexity index is 1090. The summed E-state index contributed by atoms with van der Waals surface area (Å²) in [5.74, 6) is 0.0457. The predicted molar refractivity (Wildman–Crippen MR) is 98.1 cm³/mol. The van der Waals surface area contributed by atoms with Crippen LogP contribution in [0.5, 0.6) is 0 Å². The van der Waals surface area contributed by atoms with Crippen molar-refractivity contribution in [1.29, 1.82) is 0 Å². The summed E-state index contributed by atoms with van der Waals surface area (Å²) in [7, 11) is 0. The number of nitrogens with zero attached hydrogens (tertiary/aromatic N) is 3. The van der Waals surface area contributed by atoms with Crippen molar-refractivity contribution >= 4 is 23.2 Å². The van der Waals surface area contributed by atoms with Crippen LogP contribution in [0.4, 0.5) is 11.4 Å². The first kappa shape index (κ1) is 16.7. The molecule has 9 heteroatoms. The quantitative estimate of drug-likeness (QED) is 0.648. The van der Waals surface area contributed by atoms with Crippen LogP contribution < -0.4 is 16.2 Å². The van der Waals surface area contributed by atoms with Gasteiger partial charge in [0.1, 0.15) is 0 Å². The minimum atomic E-state index is -0.328. The van der Waals surface area contributed by atoms with Crippen LogP contribution in [0.1, 0.15) is 28.0 Å². The number of H-pyrrole nitrogens is 1. The number of benzene rings is 1. The minimum absolute atomic E-state index is 0.0310. The lowest BCUT2D eigenvalue weighted by molar-refractivity contribution is -0.116. The van der Waals surface area contributed by atoms with E-state index in [1.165, 1.54) is 23.0 Å². The molecule has 0 radical (unpaired) electrons. The predicted octanol–water partition coefficient (Wildman–Crippen LogP) is 1.40. The summed E-state index contributed by atoms with van der Waals surface area (Å²) in [5.41, 5.74) is 2.98. The van der Waals surface area contributed by atoms with E-state index in [0.29, 0.717) is 41.3 Å². The van der Waals surface area contributed by atoms with Crippen molar-refractivity contribution < 1.29 is 9.59 Å². The molecule has 1 aromatic carbocycles. The average molecular weight is 364 g/mol. The molecule has 27 heavy (non-hydrogen) atoms. The van der Waals surface area contributed by atoms with Crippen LogP contribution in [0, 0.1) is 6.92 Å². The fourth-order valence-corrected chi connectivity index (χ4v) is 2.97. The number of hydrogen-bond donors (Lipinski definition) is 3. The Balaban J connectivity index is 1.57. The highest BCUT2D eigenvalue weighted by Crippen LogP contribution is 2.26. The van der Waals surface area contributed by atoms with Gasteiger partial charge in [-0.2, -0.15) is 10.2 Å². The Morgan fingerprint density at radius 2 is 2.04 bits per heavy atom. The van der Waals surface area contributed by atoms with E-state index >= 15 is 0 Å².